The van der Waals surface area contributed by atoms with Crippen LogP contribution in [0.5, 0.6) is 0 Å². The summed E-state index contributed by atoms with van der Waals surface area (Å²) in [6, 6.07) is 8.91. The molecule has 73 valence electrons. The minimum absolute atomic E-state index is 0.125. The molecule has 1 N–H and O–H groups in total. The molecule has 0 aromatic heterocycles. The van der Waals surface area contributed by atoms with Crippen molar-refractivity contribution in [2.24, 2.45) is 0 Å². The van der Waals surface area contributed by atoms with E-state index in [-0.39, 0.29) is 11.3 Å². The average Bonchev–Trinajstić information content (AvgIpc) is 2.50. The lowest BCUT2D eigenvalue weighted by Gasteiger charge is -2.23. The normalized spacial score (nSPS) is 17.7. The molecule has 0 aliphatic carbocycles. The number of carbonyl (C=O) groups is 1. The van der Waals surface area contributed by atoms with E-state index in [1.807, 2.05) is 18.2 Å². The fraction of sp³-hybridized carbons (Fsp3) is 0.417. The van der Waals surface area contributed by atoms with Gasteiger partial charge in [-0.1, -0.05) is 26.0 Å². The Morgan fingerprint density at radius 3 is 2.79 bits per heavy atom. The summed E-state index contributed by atoms with van der Waals surface area (Å²) in [6.07, 6.45) is 1.67. The standard InChI is InChI=1S/C12H14NO/c1-3-12(4-2)9-7-5-6-8-10(9)13-11(12)14/h5-6,8H,3-4H2,1-2H3,(H,13,14). The van der Waals surface area contributed by atoms with E-state index in [1.165, 1.54) is 0 Å². The van der Waals surface area contributed by atoms with E-state index in [9.17, 15) is 4.79 Å². The van der Waals surface area contributed by atoms with E-state index in [2.05, 4.69) is 25.2 Å². The highest BCUT2D eigenvalue weighted by atomic mass is 16.2. The molecule has 1 aliphatic heterocycles. The topological polar surface area (TPSA) is 29.1 Å². The van der Waals surface area contributed by atoms with Gasteiger partial charge in [-0.3, -0.25) is 4.79 Å². The van der Waals surface area contributed by atoms with Gasteiger partial charge in [-0.25, -0.2) is 0 Å². The van der Waals surface area contributed by atoms with Crippen molar-refractivity contribution in [3.05, 3.63) is 29.8 Å². The number of benzene rings is 1. The molecule has 0 unspecified atom stereocenters. The zero-order chi connectivity index (χ0) is 10.2. The summed E-state index contributed by atoms with van der Waals surface area (Å²) in [5, 5.41) is 2.92. The van der Waals surface area contributed by atoms with Crippen LogP contribution in [0.1, 0.15) is 32.3 Å². The smallest absolute Gasteiger partial charge is 0.235 e. The zero-order valence-corrected chi connectivity index (χ0v) is 8.55. The van der Waals surface area contributed by atoms with Gasteiger partial charge >= 0.3 is 0 Å². The van der Waals surface area contributed by atoms with Gasteiger partial charge in [-0.15, -0.1) is 0 Å². The summed E-state index contributed by atoms with van der Waals surface area (Å²) in [5.41, 5.74) is 1.63. The molecule has 2 rings (SSSR count). The second-order valence-corrected chi connectivity index (χ2v) is 3.70. The van der Waals surface area contributed by atoms with E-state index >= 15 is 0 Å². The predicted octanol–water partition coefficient (Wildman–Crippen LogP) is 2.50. The Labute approximate surface area is 84.3 Å². The van der Waals surface area contributed by atoms with Crippen LogP contribution in [0.2, 0.25) is 0 Å². The highest BCUT2D eigenvalue weighted by molar-refractivity contribution is 6.06. The molecule has 1 aromatic carbocycles. The molecular weight excluding hydrogens is 174 g/mol. The Morgan fingerprint density at radius 1 is 1.43 bits per heavy atom. The first-order valence-corrected chi connectivity index (χ1v) is 5.07. The number of nitrogens with one attached hydrogen (secondary N) is 1. The van der Waals surface area contributed by atoms with Crippen LogP contribution in [0.25, 0.3) is 0 Å². The Balaban J connectivity index is 2.58. The molecule has 0 fully saturated rings. The third-order valence-electron chi connectivity index (χ3n) is 3.22. The quantitative estimate of drug-likeness (QED) is 0.759. The lowest BCUT2D eigenvalue weighted by Crippen LogP contribution is -2.32. The lowest BCUT2D eigenvalue weighted by molar-refractivity contribution is -0.121. The summed E-state index contributed by atoms with van der Waals surface area (Å²) < 4.78 is 0. The van der Waals surface area contributed by atoms with E-state index in [1.54, 1.807) is 0 Å². The van der Waals surface area contributed by atoms with E-state index in [4.69, 9.17) is 0 Å². The predicted molar refractivity (Wildman–Crippen MR) is 56.2 cm³/mol. The van der Waals surface area contributed by atoms with Gasteiger partial charge in [0.05, 0.1) is 5.41 Å². The van der Waals surface area contributed by atoms with E-state index in [0.29, 0.717) is 0 Å². The molecule has 1 aliphatic rings. The van der Waals surface area contributed by atoms with Crippen LogP contribution in [0.3, 0.4) is 0 Å². The van der Waals surface area contributed by atoms with Crippen molar-refractivity contribution in [1.29, 1.82) is 0 Å². The number of hydrogen-bond donors (Lipinski definition) is 1. The van der Waals surface area contributed by atoms with Crippen molar-refractivity contribution < 1.29 is 4.79 Å². The van der Waals surface area contributed by atoms with Gasteiger partial charge in [0.25, 0.3) is 0 Å². The molecule has 1 aromatic rings. The van der Waals surface area contributed by atoms with Crippen molar-refractivity contribution in [1.82, 2.24) is 0 Å². The highest BCUT2D eigenvalue weighted by Crippen LogP contribution is 2.41. The van der Waals surface area contributed by atoms with Crippen LogP contribution in [0.4, 0.5) is 5.69 Å². The second kappa shape index (κ2) is 3.12. The molecular formula is C12H14NO. The third kappa shape index (κ3) is 0.999. The molecule has 1 heterocycles. The van der Waals surface area contributed by atoms with Crippen molar-refractivity contribution in [3.63, 3.8) is 0 Å². The van der Waals surface area contributed by atoms with Crippen LogP contribution in [-0.2, 0) is 10.2 Å². The number of carbonyl (C=O) groups excluding carboxylic acids is 1. The zero-order valence-electron chi connectivity index (χ0n) is 8.55. The van der Waals surface area contributed by atoms with E-state index < -0.39 is 0 Å². The summed E-state index contributed by atoms with van der Waals surface area (Å²) in [5.74, 6) is 0.125. The molecule has 0 spiro atoms. The van der Waals surface area contributed by atoms with Gasteiger partial charge in [-0.2, -0.15) is 0 Å². The first kappa shape index (κ1) is 9.25. The molecule has 0 saturated carbocycles. The van der Waals surface area contributed by atoms with Crippen LogP contribution in [0.15, 0.2) is 18.2 Å². The maximum absolute atomic E-state index is 11.9. The molecule has 2 nitrogen and oxygen atoms in total. The van der Waals surface area contributed by atoms with Gasteiger partial charge in [-0.05, 0) is 30.5 Å². The highest BCUT2D eigenvalue weighted by Gasteiger charge is 2.43. The van der Waals surface area contributed by atoms with Gasteiger partial charge in [0.2, 0.25) is 5.91 Å². The molecule has 0 saturated heterocycles. The average molecular weight is 188 g/mol. The second-order valence-electron chi connectivity index (χ2n) is 3.70. The van der Waals surface area contributed by atoms with Gasteiger partial charge in [0.1, 0.15) is 0 Å². The Hall–Kier alpha value is -1.31. The van der Waals surface area contributed by atoms with Crippen LogP contribution < -0.4 is 5.32 Å². The van der Waals surface area contributed by atoms with Crippen molar-refractivity contribution in [3.8, 4) is 0 Å². The van der Waals surface area contributed by atoms with E-state index in [0.717, 1.165) is 24.1 Å². The number of rotatable bonds is 2. The SMILES string of the molecule is CCC1(CC)C(=O)Nc2ccc[c]c21. The molecule has 0 atom stereocenters. The first-order chi connectivity index (χ1) is 6.74. The van der Waals surface area contributed by atoms with Crippen LogP contribution in [-0.4, -0.2) is 5.91 Å². The monoisotopic (exact) mass is 188 g/mol. The molecule has 1 amide bonds. The lowest BCUT2D eigenvalue weighted by atomic mass is 9.77. The van der Waals surface area contributed by atoms with Gasteiger partial charge < -0.3 is 5.32 Å². The third-order valence-corrected chi connectivity index (χ3v) is 3.22. The minimum Gasteiger partial charge on any atom is -0.325 e. The van der Waals surface area contributed by atoms with Crippen molar-refractivity contribution in [2.75, 3.05) is 5.32 Å². The number of hydrogen-bond acceptors (Lipinski definition) is 1. The molecule has 2 heteroatoms. The largest absolute Gasteiger partial charge is 0.325 e. The minimum atomic E-state index is -0.337. The summed E-state index contributed by atoms with van der Waals surface area (Å²) in [4.78, 5) is 11.9. The summed E-state index contributed by atoms with van der Waals surface area (Å²) >= 11 is 0. The van der Waals surface area contributed by atoms with Crippen LogP contribution in [0, 0.1) is 6.07 Å². The molecule has 14 heavy (non-hydrogen) atoms. The number of fused-ring (bicyclic) bond motifs is 1. The Morgan fingerprint density at radius 2 is 2.14 bits per heavy atom. The number of anilines is 1. The fourth-order valence-electron chi connectivity index (χ4n) is 2.22. The molecule has 1 radical (unpaired) electrons. The van der Waals surface area contributed by atoms with Crippen LogP contribution >= 0.6 is 0 Å². The van der Waals surface area contributed by atoms with Gasteiger partial charge in [0.15, 0.2) is 0 Å². The Kier molecular flexibility index (Phi) is 2.06. The summed E-state index contributed by atoms with van der Waals surface area (Å²) in [7, 11) is 0. The molecule has 0 bridgehead atoms. The fourth-order valence-corrected chi connectivity index (χ4v) is 2.22. The Bertz CT molecular complexity index is 366. The van der Waals surface area contributed by atoms with Gasteiger partial charge in [0, 0.05) is 5.69 Å². The van der Waals surface area contributed by atoms with Crippen molar-refractivity contribution in [2.45, 2.75) is 32.1 Å². The first-order valence-electron chi connectivity index (χ1n) is 5.07. The maximum Gasteiger partial charge on any atom is 0.235 e. The maximum atomic E-state index is 11.9. The summed E-state index contributed by atoms with van der Waals surface area (Å²) in [6.45, 7) is 4.11. The number of amides is 1. The van der Waals surface area contributed by atoms with Crippen molar-refractivity contribution >= 4 is 11.6 Å².